The molecule has 9 heteroatoms. The van der Waals surface area contributed by atoms with Crippen LogP contribution in [0.2, 0.25) is 0 Å². The second kappa shape index (κ2) is 10.6. The van der Waals surface area contributed by atoms with Crippen LogP contribution in [0.1, 0.15) is 24.1 Å². The number of carbonyl (C=O) groups is 2. The van der Waals surface area contributed by atoms with E-state index in [-0.39, 0.29) is 17.9 Å². The minimum atomic E-state index is -0.540. The number of thiazole rings is 1. The van der Waals surface area contributed by atoms with Crippen molar-refractivity contribution in [2.75, 3.05) is 32.7 Å². The molecule has 2 amide bonds. The van der Waals surface area contributed by atoms with Gasteiger partial charge in [-0.05, 0) is 37.3 Å². The number of hydrogen-bond donors (Lipinski definition) is 4. The number of aromatic nitrogens is 1. The van der Waals surface area contributed by atoms with E-state index in [0.29, 0.717) is 19.4 Å². The van der Waals surface area contributed by atoms with Gasteiger partial charge in [0.2, 0.25) is 11.8 Å². The minimum Gasteiger partial charge on any atom is -0.392 e. The van der Waals surface area contributed by atoms with Crippen molar-refractivity contribution in [2.45, 2.75) is 44.4 Å². The van der Waals surface area contributed by atoms with Crippen LogP contribution < -0.4 is 16.0 Å². The molecule has 2 fully saturated rings. The van der Waals surface area contributed by atoms with Crippen LogP contribution in [0, 0.1) is 6.92 Å². The highest BCUT2D eigenvalue weighted by Crippen LogP contribution is 2.27. The number of amides is 2. The number of β-amino-alcohol motifs (C(OH)–C–C–N with tert-alkyl or cyclic N) is 1. The molecular weight excluding hydrogens is 426 g/mol. The van der Waals surface area contributed by atoms with Crippen molar-refractivity contribution in [3.05, 3.63) is 41.0 Å². The molecule has 172 valence electrons. The normalized spacial score (nSPS) is 22.6. The van der Waals surface area contributed by atoms with E-state index < -0.39 is 12.1 Å². The zero-order valence-corrected chi connectivity index (χ0v) is 19.2. The average Bonchev–Trinajstić information content (AvgIpc) is 3.43. The van der Waals surface area contributed by atoms with E-state index in [1.165, 1.54) is 4.88 Å². The molecule has 2 saturated heterocycles. The highest BCUT2D eigenvalue weighted by atomic mass is 32.1. The molecule has 1 aromatic carbocycles. The summed E-state index contributed by atoms with van der Waals surface area (Å²) in [6, 6.07) is 7.55. The summed E-state index contributed by atoms with van der Waals surface area (Å²) >= 11 is 1.64. The SMILES string of the molecule is Cc1ncsc1-c1ccc(CC[C@H](C(=O)NC(=O)[C@@H]2C[C@@H](O)CN2)N2CCNCC2)cc1. The maximum absolute atomic E-state index is 13.1. The van der Waals surface area contributed by atoms with Gasteiger partial charge in [0.05, 0.1) is 34.3 Å². The summed E-state index contributed by atoms with van der Waals surface area (Å²) in [7, 11) is 0. The Hall–Kier alpha value is -2.17. The molecule has 3 heterocycles. The first-order valence-corrected chi connectivity index (χ1v) is 12.1. The Bertz CT molecular complexity index is 926. The van der Waals surface area contributed by atoms with E-state index in [0.717, 1.165) is 49.4 Å². The third-order valence-corrected chi connectivity index (χ3v) is 7.21. The van der Waals surface area contributed by atoms with Gasteiger partial charge < -0.3 is 15.7 Å². The Morgan fingerprint density at radius 1 is 1.28 bits per heavy atom. The predicted octanol–water partition coefficient (Wildman–Crippen LogP) is 0.691. The van der Waals surface area contributed by atoms with Crippen LogP contribution in [0.25, 0.3) is 10.4 Å². The molecule has 2 aromatic rings. The first-order valence-electron chi connectivity index (χ1n) is 11.2. The summed E-state index contributed by atoms with van der Waals surface area (Å²) in [5.41, 5.74) is 5.21. The minimum absolute atomic E-state index is 0.253. The van der Waals surface area contributed by atoms with E-state index in [4.69, 9.17) is 0 Å². The molecule has 2 aliphatic heterocycles. The Balaban J connectivity index is 1.39. The standard InChI is InChI=1S/C23H31N5O3S/c1-15-21(32-14-26-15)17-5-2-16(3-6-17)4-7-20(28-10-8-24-9-11-28)23(31)27-22(30)19-12-18(29)13-25-19/h2-3,5-6,14,18-20,24-25,29H,4,7-13H2,1H3,(H,27,30,31)/t18-,19+,20-/m1/s1. The predicted molar refractivity (Wildman–Crippen MR) is 124 cm³/mol. The molecule has 3 atom stereocenters. The maximum atomic E-state index is 13.1. The van der Waals surface area contributed by atoms with Crippen LogP contribution in [0.3, 0.4) is 0 Å². The Labute approximate surface area is 192 Å². The average molecular weight is 458 g/mol. The van der Waals surface area contributed by atoms with Gasteiger partial charge in [0.25, 0.3) is 0 Å². The summed E-state index contributed by atoms with van der Waals surface area (Å²) in [5.74, 6) is -0.604. The summed E-state index contributed by atoms with van der Waals surface area (Å²) in [4.78, 5) is 33.2. The summed E-state index contributed by atoms with van der Waals surface area (Å²) < 4.78 is 0. The molecule has 0 bridgehead atoms. The highest BCUT2D eigenvalue weighted by molar-refractivity contribution is 7.13. The van der Waals surface area contributed by atoms with E-state index in [1.54, 1.807) is 11.3 Å². The zero-order valence-electron chi connectivity index (χ0n) is 18.3. The van der Waals surface area contributed by atoms with Crippen LogP contribution in [0.4, 0.5) is 0 Å². The fourth-order valence-corrected chi connectivity index (χ4v) is 5.20. The van der Waals surface area contributed by atoms with Crippen molar-refractivity contribution in [1.29, 1.82) is 0 Å². The first-order chi connectivity index (χ1) is 15.5. The van der Waals surface area contributed by atoms with Crippen LogP contribution in [0.5, 0.6) is 0 Å². The number of imide groups is 1. The van der Waals surface area contributed by atoms with Crippen LogP contribution in [-0.2, 0) is 16.0 Å². The number of nitrogens with zero attached hydrogens (tertiary/aromatic N) is 2. The van der Waals surface area contributed by atoms with Crippen molar-refractivity contribution in [3.8, 4) is 10.4 Å². The van der Waals surface area contributed by atoms with Gasteiger partial charge >= 0.3 is 0 Å². The Morgan fingerprint density at radius 2 is 2.03 bits per heavy atom. The molecule has 8 nitrogen and oxygen atoms in total. The fraction of sp³-hybridized carbons (Fsp3) is 0.522. The van der Waals surface area contributed by atoms with E-state index in [2.05, 4.69) is 50.1 Å². The second-order valence-electron chi connectivity index (χ2n) is 8.51. The number of aliphatic hydroxyl groups excluding tert-OH is 1. The van der Waals surface area contributed by atoms with E-state index >= 15 is 0 Å². The third-order valence-electron chi connectivity index (χ3n) is 6.23. The smallest absolute Gasteiger partial charge is 0.243 e. The number of benzene rings is 1. The lowest BCUT2D eigenvalue weighted by Crippen LogP contribution is -2.56. The van der Waals surface area contributed by atoms with Gasteiger partial charge in [-0.1, -0.05) is 24.3 Å². The van der Waals surface area contributed by atoms with Crippen molar-refractivity contribution in [2.24, 2.45) is 0 Å². The number of rotatable bonds is 7. The van der Waals surface area contributed by atoms with Gasteiger partial charge in [-0.25, -0.2) is 4.98 Å². The van der Waals surface area contributed by atoms with E-state index in [9.17, 15) is 14.7 Å². The van der Waals surface area contributed by atoms with E-state index in [1.807, 2.05) is 12.4 Å². The largest absolute Gasteiger partial charge is 0.392 e. The summed E-state index contributed by atoms with van der Waals surface area (Å²) in [5, 5.41) is 18.5. The molecule has 0 spiro atoms. The lowest BCUT2D eigenvalue weighted by Gasteiger charge is -2.34. The number of hydrogen-bond acceptors (Lipinski definition) is 8. The van der Waals surface area contributed by atoms with Crippen molar-refractivity contribution < 1.29 is 14.7 Å². The Morgan fingerprint density at radius 3 is 2.66 bits per heavy atom. The lowest BCUT2D eigenvalue weighted by molar-refractivity contribution is -0.135. The molecule has 0 radical (unpaired) electrons. The molecule has 0 saturated carbocycles. The molecule has 0 aliphatic carbocycles. The molecule has 32 heavy (non-hydrogen) atoms. The van der Waals surface area contributed by atoms with Crippen molar-refractivity contribution in [1.82, 2.24) is 25.8 Å². The molecule has 2 aliphatic rings. The number of piperazine rings is 1. The quantitative estimate of drug-likeness (QED) is 0.485. The Kier molecular flexibility index (Phi) is 7.64. The maximum Gasteiger partial charge on any atom is 0.243 e. The topological polar surface area (TPSA) is 107 Å². The molecular formula is C23H31N5O3S. The molecule has 4 rings (SSSR count). The first kappa shape index (κ1) is 23.0. The summed E-state index contributed by atoms with van der Waals surface area (Å²) in [6.45, 7) is 5.60. The lowest BCUT2D eigenvalue weighted by atomic mass is 10.0. The fourth-order valence-electron chi connectivity index (χ4n) is 4.39. The summed E-state index contributed by atoms with van der Waals surface area (Å²) in [6.07, 6.45) is 1.18. The van der Waals surface area contributed by atoms with Crippen LogP contribution in [-0.4, -0.2) is 77.7 Å². The van der Waals surface area contributed by atoms with Gasteiger partial charge in [-0.2, -0.15) is 0 Å². The van der Waals surface area contributed by atoms with Gasteiger partial charge in [-0.15, -0.1) is 11.3 Å². The molecule has 0 unspecified atom stereocenters. The molecule has 1 aromatic heterocycles. The third kappa shape index (κ3) is 5.60. The van der Waals surface area contributed by atoms with Crippen LogP contribution >= 0.6 is 11.3 Å². The van der Waals surface area contributed by atoms with Crippen molar-refractivity contribution in [3.63, 3.8) is 0 Å². The highest BCUT2D eigenvalue weighted by Gasteiger charge is 2.32. The van der Waals surface area contributed by atoms with Crippen LogP contribution in [0.15, 0.2) is 29.8 Å². The number of aliphatic hydroxyl groups is 1. The monoisotopic (exact) mass is 457 g/mol. The van der Waals surface area contributed by atoms with Gasteiger partial charge in [0, 0.05) is 32.7 Å². The number of carbonyl (C=O) groups excluding carboxylic acids is 2. The number of aryl methyl sites for hydroxylation is 2. The van der Waals surface area contributed by atoms with Gasteiger partial charge in [0.1, 0.15) is 0 Å². The zero-order chi connectivity index (χ0) is 22.5. The second-order valence-corrected chi connectivity index (χ2v) is 9.36. The van der Waals surface area contributed by atoms with Crippen molar-refractivity contribution >= 4 is 23.2 Å². The number of nitrogens with one attached hydrogen (secondary N) is 3. The molecule has 4 N–H and O–H groups in total. The van der Waals surface area contributed by atoms with Gasteiger partial charge in [-0.3, -0.25) is 19.8 Å². The van der Waals surface area contributed by atoms with Gasteiger partial charge in [0.15, 0.2) is 0 Å².